The van der Waals surface area contributed by atoms with E-state index in [2.05, 4.69) is 49.9 Å². The molecule has 2 aromatic rings. The Morgan fingerprint density at radius 2 is 1.88 bits per heavy atom. The van der Waals surface area contributed by atoms with Crippen LogP contribution < -0.4 is 4.90 Å². The Labute approximate surface area is 191 Å². The molecule has 1 aromatic carbocycles. The molecule has 1 aliphatic heterocycles. The van der Waals surface area contributed by atoms with Gasteiger partial charge < -0.3 is 19.3 Å². The molecule has 1 atom stereocenters. The SMILES string of the molecule is CCC(C)c1nc(COC)c(Cc2cccc(C)c2)c(N2CCN(C(=O)COC)CC2)n1. The van der Waals surface area contributed by atoms with Crippen molar-refractivity contribution in [3.63, 3.8) is 0 Å². The van der Waals surface area contributed by atoms with Crippen molar-refractivity contribution in [2.45, 2.75) is 46.1 Å². The Morgan fingerprint density at radius 3 is 2.50 bits per heavy atom. The maximum absolute atomic E-state index is 12.2. The van der Waals surface area contributed by atoms with Crippen LogP contribution in [0.1, 0.15) is 54.4 Å². The van der Waals surface area contributed by atoms with Gasteiger partial charge >= 0.3 is 0 Å². The summed E-state index contributed by atoms with van der Waals surface area (Å²) >= 11 is 0. The maximum Gasteiger partial charge on any atom is 0.248 e. The quantitative estimate of drug-likeness (QED) is 0.596. The highest BCUT2D eigenvalue weighted by atomic mass is 16.5. The predicted molar refractivity (Wildman–Crippen MR) is 126 cm³/mol. The summed E-state index contributed by atoms with van der Waals surface area (Å²) in [5.41, 5.74) is 4.53. The van der Waals surface area contributed by atoms with E-state index in [1.54, 1.807) is 14.2 Å². The third-order valence-corrected chi connectivity index (χ3v) is 6.09. The number of carbonyl (C=O) groups excluding carboxylic acids is 1. The molecule has 1 fully saturated rings. The molecule has 2 heterocycles. The monoisotopic (exact) mass is 440 g/mol. The second-order valence-corrected chi connectivity index (χ2v) is 8.54. The molecule has 1 amide bonds. The number of rotatable bonds is 9. The number of piperazine rings is 1. The molecule has 0 saturated carbocycles. The summed E-state index contributed by atoms with van der Waals surface area (Å²) in [6, 6.07) is 8.57. The van der Waals surface area contributed by atoms with Crippen LogP contribution in [0.4, 0.5) is 5.82 Å². The van der Waals surface area contributed by atoms with Gasteiger partial charge in [-0.2, -0.15) is 0 Å². The highest BCUT2D eigenvalue weighted by Crippen LogP contribution is 2.29. The van der Waals surface area contributed by atoms with Crippen LogP contribution in [0.15, 0.2) is 24.3 Å². The van der Waals surface area contributed by atoms with Gasteiger partial charge in [0.25, 0.3) is 0 Å². The number of hydrogen-bond acceptors (Lipinski definition) is 6. The van der Waals surface area contributed by atoms with Gasteiger partial charge in [-0.1, -0.05) is 43.7 Å². The van der Waals surface area contributed by atoms with E-state index < -0.39 is 0 Å². The zero-order chi connectivity index (χ0) is 23.1. The number of carbonyl (C=O) groups is 1. The predicted octanol–water partition coefficient (Wildman–Crippen LogP) is 3.33. The lowest BCUT2D eigenvalue weighted by molar-refractivity contribution is -0.135. The minimum atomic E-state index is 0.0372. The highest BCUT2D eigenvalue weighted by molar-refractivity contribution is 5.77. The molecule has 0 radical (unpaired) electrons. The molecule has 0 N–H and O–H groups in total. The molecule has 0 spiro atoms. The van der Waals surface area contributed by atoms with Crippen LogP contribution in [0, 0.1) is 6.92 Å². The van der Waals surface area contributed by atoms with Crippen LogP contribution in [-0.4, -0.2) is 67.8 Å². The van der Waals surface area contributed by atoms with Gasteiger partial charge in [-0.05, 0) is 18.9 Å². The molecular weight excluding hydrogens is 404 g/mol. The van der Waals surface area contributed by atoms with Crippen molar-refractivity contribution in [3.8, 4) is 0 Å². The van der Waals surface area contributed by atoms with Crippen molar-refractivity contribution < 1.29 is 14.3 Å². The summed E-state index contributed by atoms with van der Waals surface area (Å²) in [5.74, 6) is 2.14. The Hall–Kier alpha value is -2.51. The lowest BCUT2D eigenvalue weighted by Gasteiger charge is -2.36. The van der Waals surface area contributed by atoms with Crippen molar-refractivity contribution in [2.24, 2.45) is 0 Å². The standard InChI is InChI=1S/C25H36N4O3/c1-6-19(3)24-26-22(16-31-4)21(15-20-9-7-8-18(2)14-20)25(27-24)29-12-10-28(11-13-29)23(30)17-32-5/h7-9,14,19H,6,10-13,15-17H2,1-5H3. The fraction of sp³-hybridized carbons (Fsp3) is 0.560. The van der Waals surface area contributed by atoms with E-state index in [-0.39, 0.29) is 18.4 Å². The molecule has 1 aromatic heterocycles. The van der Waals surface area contributed by atoms with Crippen LogP contribution in [0.3, 0.4) is 0 Å². The minimum Gasteiger partial charge on any atom is -0.378 e. The molecule has 32 heavy (non-hydrogen) atoms. The van der Waals surface area contributed by atoms with E-state index in [0.29, 0.717) is 19.7 Å². The summed E-state index contributed by atoms with van der Waals surface area (Å²) in [4.78, 5) is 26.4. The molecular formula is C25H36N4O3. The van der Waals surface area contributed by atoms with E-state index in [9.17, 15) is 4.79 Å². The zero-order valence-corrected chi connectivity index (χ0v) is 20.1. The van der Waals surface area contributed by atoms with E-state index in [1.807, 2.05) is 4.90 Å². The van der Waals surface area contributed by atoms with Crippen molar-refractivity contribution in [3.05, 3.63) is 52.5 Å². The average Bonchev–Trinajstić information content (AvgIpc) is 2.80. The molecule has 0 aliphatic carbocycles. The first-order valence-corrected chi connectivity index (χ1v) is 11.4. The third-order valence-electron chi connectivity index (χ3n) is 6.09. The molecule has 0 bridgehead atoms. The molecule has 1 aliphatic rings. The molecule has 1 unspecified atom stereocenters. The minimum absolute atomic E-state index is 0.0372. The van der Waals surface area contributed by atoms with Crippen molar-refractivity contribution in [2.75, 3.05) is 51.9 Å². The van der Waals surface area contributed by atoms with E-state index in [4.69, 9.17) is 19.4 Å². The van der Waals surface area contributed by atoms with Gasteiger partial charge in [0.15, 0.2) is 0 Å². The number of aromatic nitrogens is 2. The highest BCUT2D eigenvalue weighted by Gasteiger charge is 2.26. The van der Waals surface area contributed by atoms with Gasteiger partial charge in [-0.15, -0.1) is 0 Å². The van der Waals surface area contributed by atoms with Crippen LogP contribution >= 0.6 is 0 Å². The average molecular weight is 441 g/mol. The molecule has 174 valence electrons. The van der Waals surface area contributed by atoms with Gasteiger partial charge in [0, 0.05) is 58.3 Å². The topological polar surface area (TPSA) is 67.8 Å². The number of amides is 1. The summed E-state index contributed by atoms with van der Waals surface area (Å²) in [6.45, 7) is 9.80. The van der Waals surface area contributed by atoms with Crippen molar-refractivity contribution in [1.82, 2.24) is 14.9 Å². The normalized spacial score (nSPS) is 15.2. The largest absolute Gasteiger partial charge is 0.378 e. The van der Waals surface area contributed by atoms with Crippen molar-refractivity contribution in [1.29, 1.82) is 0 Å². The Morgan fingerprint density at radius 1 is 1.12 bits per heavy atom. The van der Waals surface area contributed by atoms with Crippen molar-refractivity contribution >= 4 is 11.7 Å². The number of methoxy groups -OCH3 is 2. The lowest BCUT2D eigenvalue weighted by atomic mass is 10.0. The Kier molecular flexibility index (Phi) is 8.59. The Bertz CT molecular complexity index is 910. The van der Waals surface area contributed by atoms with Crippen LogP contribution in [-0.2, 0) is 27.3 Å². The van der Waals surface area contributed by atoms with Gasteiger partial charge in [0.2, 0.25) is 5.91 Å². The van der Waals surface area contributed by atoms with E-state index >= 15 is 0 Å². The van der Waals surface area contributed by atoms with Gasteiger partial charge in [0.1, 0.15) is 18.2 Å². The first kappa shape index (κ1) is 24.1. The summed E-state index contributed by atoms with van der Waals surface area (Å²) < 4.78 is 10.6. The zero-order valence-electron chi connectivity index (χ0n) is 20.1. The van der Waals surface area contributed by atoms with Gasteiger partial charge in [-0.25, -0.2) is 9.97 Å². The maximum atomic E-state index is 12.2. The Balaban J connectivity index is 1.97. The molecule has 7 heteroatoms. The van der Waals surface area contributed by atoms with E-state index in [1.165, 1.54) is 11.1 Å². The third kappa shape index (κ3) is 5.84. The van der Waals surface area contributed by atoms with Gasteiger partial charge in [0.05, 0.1) is 12.3 Å². The fourth-order valence-electron chi connectivity index (χ4n) is 4.05. The summed E-state index contributed by atoms with van der Waals surface area (Å²) in [5, 5.41) is 0. The first-order chi connectivity index (χ1) is 15.5. The number of aryl methyl sites for hydroxylation is 1. The second kappa shape index (κ2) is 11.4. The number of hydrogen-bond donors (Lipinski definition) is 0. The molecule has 3 rings (SSSR count). The van der Waals surface area contributed by atoms with Crippen LogP contribution in [0.2, 0.25) is 0 Å². The van der Waals surface area contributed by atoms with Crippen LogP contribution in [0.5, 0.6) is 0 Å². The smallest absolute Gasteiger partial charge is 0.248 e. The number of ether oxygens (including phenoxy) is 2. The van der Waals surface area contributed by atoms with Crippen LogP contribution in [0.25, 0.3) is 0 Å². The molecule has 7 nitrogen and oxygen atoms in total. The summed E-state index contributed by atoms with van der Waals surface area (Å²) in [6.07, 6.45) is 1.72. The molecule has 1 saturated heterocycles. The van der Waals surface area contributed by atoms with E-state index in [0.717, 1.165) is 48.8 Å². The number of benzene rings is 1. The number of anilines is 1. The summed E-state index contributed by atoms with van der Waals surface area (Å²) in [7, 11) is 3.27. The lowest BCUT2D eigenvalue weighted by Crippen LogP contribution is -2.50. The van der Waals surface area contributed by atoms with Gasteiger partial charge in [-0.3, -0.25) is 4.79 Å². The second-order valence-electron chi connectivity index (χ2n) is 8.54. The fourth-order valence-corrected chi connectivity index (χ4v) is 4.05. The number of nitrogens with zero attached hydrogens (tertiary/aromatic N) is 4. The first-order valence-electron chi connectivity index (χ1n) is 11.4.